The molecular formula is C39H55NO2S2. The van der Waals surface area contributed by atoms with E-state index in [-0.39, 0.29) is 0 Å². The molecule has 0 saturated heterocycles. The van der Waals surface area contributed by atoms with Gasteiger partial charge < -0.3 is 9.47 Å². The molecule has 4 saturated carbocycles. The van der Waals surface area contributed by atoms with Crippen LogP contribution in [0.4, 0.5) is 0 Å². The van der Waals surface area contributed by atoms with Crippen LogP contribution in [0, 0.1) is 47.3 Å². The van der Waals surface area contributed by atoms with Crippen LogP contribution < -0.4 is 9.47 Å². The van der Waals surface area contributed by atoms with Gasteiger partial charge in [0, 0.05) is 0 Å². The standard InChI is InChI=1S/C39H55NO2S2/c1-26-5-13-30(14-6-26)32-17-9-28(10-18-32)24-41-34-21-22-35(38-37(34)40-39(44-38)36-4-3-23-43-36)42-25-29-11-19-33(20-12-29)31-15-7-27(2)8-16-31/h3-4,21-23,26-33H,5-20,24-25H2,1-2H3. The molecule has 0 spiro atoms. The highest BCUT2D eigenvalue weighted by atomic mass is 32.1. The van der Waals surface area contributed by atoms with Crippen LogP contribution in [-0.2, 0) is 0 Å². The lowest BCUT2D eigenvalue weighted by atomic mass is 9.69. The second kappa shape index (κ2) is 14.4. The van der Waals surface area contributed by atoms with E-state index in [0.717, 1.165) is 75.4 Å². The number of ether oxygens (including phenoxy) is 2. The van der Waals surface area contributed by atoms with E-state index in [2.05, 4.69) is 43.5 Å². The van der Waals surface area contributed by atoms with E-state index in [4.69, 9.17) is 14.5 Å². The van der Waals surface area contributed by atoms with Crippen LogP contribution in [0.2, 0.25) is 0 Å². The first-order chi connectivity index (χ1) is 21.6. The molecule has 0 bridgehead atoms. The summed E-state index contributed by atoms with van der Waals surface area (Å²) in [5.74, 6) is 9.08. The van der Waals surface area contributed by atoms with Gasteiger partial charge in [-0.25, -0.2) is 4.98 Å². The number of thiophene rings is 1. The fourth-order valence-corrected chi connectivity index (χ4v) is 11.1. The van der Waals surface area contributed by atoms with Gasteiger partial charge in [-0.1, -0.05) is 45.6 Å². The van der Waals surface area contributed by atoms with Crippen LogP contribution >= 0.6 is 22.7 Å². The van der Waals surface area contributed by atoms with Crippen LogP contribution in [0.15, 0.2) is 29.6 Å². The van der Waals surface area contributed by atoms with Gasteiger partial charge in [0.15, 0.2) is 0 Å². The predicted molar refractivity (Wildman–Crippen MR) is 187 cm³/mol. The van der Waals surface area contributed by atoms with Gasteiger partial charge in [0.05, 0.1) is 18.1 Å². The number of hydrogen-bond donors (Lipinski definition) is 0. The number of hydrogen-bond acceptors (Lipinski definition) is 5. The number of fused-ring (bicyclic) bond motifs is 1. The average Bonchev–Trinajstić information content (AvgIpc) is 3.76. The second-order valence-corrected chi connectivity index (χ2v) is 17.4. The average molecular weight is 634 g/mol. The summed E-state index contributed by atoms with van der Waals surface area (Å²) in [7, 11) is 0. The maximum absolute atomic E-state index is 6.63. The van der Waals surface area contributed by atoms with Crippen molar-refractivity contribution in [2.24, 2.45) is 47.3 Å². The minimum Gasteiger partial charge on any atom is -0.492 e. The Morgan fingerprint density at radius 2 is 1.09 bits per heavy atom. The Labute approximate surface area is 274 Å². The Bertz CT molecular complexity index is 1220. The molecule has 1 aromatic carbocycles. The third kappa shape index (κ3) is 7.35. The van der Waals surface area contributed by atoms with Crippen LogP contribution in [0.25, 0.3) is 20.1 Å². The lowest BCUT2D eigenvalue weighted by Gasteiger charge is -2.37. The minimum atomic E-state index is 0.669. The summed E-state index contributed by atoms with van der Waals surface area (Å²) in [6.07, 6.45) is 22.6. The first-order valence-electron chi connectivity index (χ1n) is 18.3. The molecule has 0 amide bonds. The molecule has 7 rings (SSSR count). The smallest absolute Gasteiger partial charge is 0.146 e. The lowest BCUT2D eigenvalue weighted by molar-refractivity contribution is 0.125. The summed E-state index contributed by atoms with van der Waals surface area (Å²) in [5.41, 5.74) is 0.996. The molecule has 0 unspecified atom stereocenters. The Hall–Kier alpha value is -1.59. The Morgan fingerprint density at radius 3 is 1.59 bits per heavy atom. The van der Waals surface area contributed by atoms with Crippen molar-refractivity contribution >= 4 is 32.9 Å². The molecular weight excluding hydrogens is 579 g/mol. The fourth-order valence-electron chi connectivity index (χ4n) is 9.28. The van der Waals surface area contributed by atoms with E-state index in [1.54, 1.807) is 22.7 Å². The van der Waals surface area contributed by atoms with Crippen molar-refractivity contribution in [3.8, 4) is 21.4 Å². The first kappa shape index (κ1) is 31.0. The fraction of sp³-hybridized carbons (Fsp3) is 0.718. The number of thiazole rings is 1. The summed E-state index contributed by atoms with van der Waals surface area (Å²) in [4.78, 5) is 6.38. The van der Waals surface area contributed by atoms with Gasteiger partial charge in [0.25, 0.3) is 0 Å². The third-order valence-corrected chi connectivity index (χ3v) is 14.5. The monoisotopic (exact) mass is 633 g/mol. The maximum Gasteiger partial charge on any atom is 0.146 e. The van der Waals surface area contributed by atoms with Crippen molar-refractivity contribution in [1.29, 1.82) is 0 Å². The number of rotatable bonds is 9. The van der Waals surface area contributed by atoms with Crippen LogP contribution in [0.3, 0.4) is 0 Å². The second-order valence-electron chi connectivity index (χ2n) is 15.5. The molecule has 4 fully saturated rings. The van der Waals surface area contributed by atoms with Gasteiger partial charge in [0.2, 0.25) is 0 Å². The zero-order valence-corrected chi connectivity index (χ0v) is 28.9. The lowest BCUT2D eigenvalue weighted by Crippen LogP contribution is -2.27. The van der Waals surface area contributed by atoms with Gasteiger partial charge in [-0.3, -0.25) is 0 Å². The SMILES string of the molecule is CC1CCC(C2CCC(COc3ccc(OCC4CCC(C5CCC(C)CC5)CC4)c4sc(-c5cccs5)nc34)CC2)CC1. The highest BCUT2D eigenvalue weighted by molar-refractivity contribution is 7.25. The van der Waals surface area contributed by atoms with E-state index >= 15 is 0 Å². The minimum absolute atomic E-state index is 0.669. The summed E-state index contributed by atoms with van der Waals surface area (Å²) in [5, 5.41) is 3.23. The molecule has 4 aliphatic rings. The highest BCUT2D eigenvalue weighted by Crippen LogP contribution is 2.45. The summed E-state index contributed by atoms with van der Waals surface area (Å²) in [6, 6.07) is 8.62. The Morgan fingerprint density at radius 1 is 0.614 bits per heavy atom. The normalized spacial score (nSPS) is 33.3. The van der Waals surface area contributed by atoms with Crippen molar-refractivity contribution in [2.75, 3.05) is 13.2 Å². The van der Waals surface area contributed by atoms with Gasteiger partial charge in [-0.15, -0.1) is 22.7 Å². The molecule has 2 aromatic heterocycles. The summed E-state index contributed by atoms with van der Waals surface area (Å²) < 4.78 is 14.4. The van der Waals surface area contributed by atoms with Crippen molar-refractivity contribution in [3.05, 3.63) is 29.6 Å². The number of benzene rings is 1. The van der Waals surface area contributed by atoms with Crippen molar-refractivity contribution in [1.82, 2.24) is 4.98 Å². The van der Waals surface area contributed by atoms with E-state index in [0.29, 0.717) is 11.8 Å². The van der Waals surface area contributed by atoms with Gasteiger partial charge >= 0.3 is 0 Å². The number of aromatic nitrogens is 1. The molecule has 0 N–H and O–H groups in total. The van der Waals surface area contributed by atoms with E-state index in [1.807, 2.05) is 0 Å². The van der Waals surface area contributed by atoms with Crippen molar-refractivity contribution in [2.45, 2.75) is 117 Å². The van der Waals surface area contributed by atoms with Crippen molar-refractivity contribution < 1.29 is 9.47 Å². The molecule has 3 nitrogen and oxygen atoms in total. The molecule has 0 aliphatic heterocycles. The van der Waals surface area contributed by atoms with Gasteiger partial charge in [0.1, 0.15) is 26.7 Å². The molecule has 240 valence electrons. The zero-order valence-electron chi connectivity index (χ0n) is 27.3. The molecule has 2 heterocycles. The van der Waals surface area contributed by atoms with E-state index < -0.39 is 0 Å². The Kier molecular flexibility index (Phi) is 10.2. The van der Waals surface area contributed by atoms with Gasteiger partial charge in [-0.2, -0.15) is 0 Å². The molecule has 44 heavy (non-hydrogen) atoms. The maximum atomic E-state index is 6.63. The third-order valence-electron chi connectivity index (χ3n) is 12.4. The van der Waals surface area contributed by atoms with E-state index in [9.17, 15) is 0 Å². The molecule has 3 aromatic rings. The molecule has 0 atom stereocenters. The highest BCUT2D eigenvalue weighted by Gasteiger charge is 2.32. The van der Waals surface area contributed by atoms with Crippen molar-refractivity contribution in [3.63, 3.8) is 0 Å². The summed E-state index contributed by atoms with van der Waals surface area (Å²) >= 11 is 3.54. The van der Waals surface area contributed by atoms with E-state index in [1.165, 1.54) is 108 Å². The largest absolute Gasteiger partial charge is 0.492 e. The van der Waals surface area contributed by atoms with Crippen LogP contribution in [0.5, 0.6) is 11.5 Å². The summed E-state index contributed by atoms with van der Waals surface area (Å²) in [6.45, 7) is 6.53. The number of nitrogens with zero attached hydrogens (tertiary/aromatic N) is 1. The molecule has 0 radical (unpaired) electrons. The quantitative estimate of drug-likeness (QED) is 0.235. The van der Waals surface area contributed by atoms with Crippen LogP contribution in [-0.4, -0.2) is 18.2 Å². The predicted octanol–water partition coefficient (Wildman–Crippen LogP) is 12.0. The Balaban J connectivity index is 0.963. The first-order valence-corrected chi connectivity index (χ1v) is 20.0. The topological polar surface area (TPSA) is 31.4 Å². The molecule has 5 heteroatoms. The van der Waals surface area contributed by atoms with Gasteiger partial charge in [-0.05, 0) is 148 Å². The van der Waals surface area contributed by atoms with Crippen LogP contribution in [0.1, 0.15) is 117 Å². The molecule has 4 aliphatic carbocycles. The zero-order chi connectivity index (χ0) is 29.9.